The minimum atomic E-state index is -5.04. The molecule has 0 aliphatic heterocycles. The van der Waals surface area contributed by atoms with Crippen molar-refractivity contribution < 1.29 is 32.2 Å². The van der Waals surface area contributed by atoms with Crippen LogP contribution in [0.3, 0.4) is 0 Å². The topological polar surface area (TPSA) is 69.1 Å². The Kier molecular flexibility index (Phi) is 5.06. The lowest BCUT2D eigenvalue weighted by Gasteiger charge is -2.38. The van der Waals surface area contributed by atoms with Crippen molar-refractivity contribution in [2.45, 2.75) is 43.9 Å². The molecule has 0 amide bonds. The number of aromatic hydroxyl groups is 1. The fraction of sp³-hybridized carbons (Fsp3) is 0.350. The van der Waals surface area contributed by atoms with E-state index in [2.05, 4.69) is 9.97 Å². The molecule has 2 heterocycles. The van der Waals surface area contributed by atoms with E-state index in [0.717, 1.165) is 18.2 Å². The third-order valence-electron chi connectivity index (χ3n) is 4.98. The zero-order valence-corrected chi connectivity index (χ0v) is 15.6. The van der Waals surface area contributed by atoms with Crippen LogP contribution >= 0.6 is 0 Å². The first-order valence-electron chi connectivity index (χ1n) is 8.73. The van der Waals surface area contributed by atoms with E-state index in [9.17, 15) is 32.2 Å². The smallest absolute Gasteiger partial charge is 0.417 e. The number of benzene rings is 1. The van der Waals surface area contributed by atoms with Crippen LogP contribution in [-0.2, 0) is 11.8 Å². The van der Waals surface area contributed by atoms with Crippen LogP contribution in [0.1, 0.15) is 31.5 Å². The number of aromatic nitrogens is 2. The average molecular weight is 414 g/mol. The zero-order valence-electron chi connectivity index (χ0n) is 15.6. The molecule has 3 N–H and O–H groups in total. The summed E-state index contributed by atoms with van der Waals surface area (Å²) in [5.74, 6) is -1.96. The van der Waals surface area contributed by atoms with Crippen LogP contribution in [0.15, 0.2) is 36.5 Å². The molecule has 0 aliphatic rings. The van der Waals surface area contributed by atoms with E-state index in [-0.39, 0.29) is 22.5 Å². The third kappa shape index (κ3) is 4.05. The lowest BCUT2D eigenvalue weighted by molar-refractivity contribution is -0.266. The highest BCUT2D eigenvalue weighted by Crippen LogP contribution is 2.45. The molecule has 0 aliphatic carbocycles. The Morgan fingerprint density at radius 3 is 2.38 bits per heavy atom. The molecule has 3 rings (SSSR count). The summed E-state index contributed by atoms with van der Waals surface area (Å²) < 4.78 is 68.9. The second-order valence-corrected chi connectivity index (χ2v) is 7.79. The molecule has 1 aromatic carbocycles. The highest BCUT2D eigenvalue weighted by atomic mass is 19.4. The summed E-state index contributed by atoms with van der Waals surface area (Å²) >= 11 is 0. The van der Waals surface area contributed by atoms with Gasteiger partial charge in [0.1, 0.15) is 17.1 Å². The Hall–Kier alpha value is -2.68. The maximum atomic E-state index is 13.9. The summed E-state index contributed by atoms with van der Waals surface area (Å²) in [6, 6.07) is 5.71. The maximum absolute atomic E-state index is 13.9. The summed E-state index contributed by atoms with van der Waals surface area (Å²) in [5, 5.41) is 20.9. The Morgan fingerprint density at radius 2 is 1.76 bits per heavy atom. The number of rotatable bonds is 5. The van der Waals surface area contributed by atoms with Gasteiger partial charge in [0, 0.05) is 29.3 Å². The third-order valence-corrected chi connectivity index (χ3v) is 4.98. The predicted molar refractivity (Wildman–Crippen MR) is 96.5 cm³/mol. The number of nitrogens with zero attached hydrogens (tertiary/aromatic N) is 1. The minimum Gasteiger partial charge on any atom is -0.508 e. The molecule has 0 saturated heterocycles. The largest absolute Gasteiger partial charge is 0.508 e. The van der Waals surface area contributed by atoms with Gasteiger partial charge in [-0.1, -0.05) is 13.8 Å². The summed E-state index contributed by atoms with van der Waals surface area (Å²) in [6.07, 6.45) is -5.61. The number of nitrogens with one attached hydrogen (secondary N) is 1. The number of alkyl halides is 3. The summed E-state index contributed by atoms with van der Waals surface area (Å²) in [5.41, 5.74) is -4.82. The molecular formula is C20H19F5N2O2. The Balaban J connectivity index is 2.00. The second-order valence-electron chi connectivity index (χ2n) is 7.79. The predicted octanol–water partition coefficient (Wildman–Crippen LogP) is 4.75. The van der Waals surface area contributed by atoms with Gasteiger partial charge < -0.3 is 15.2 Å². The van der Waals surface area contributed by atoms with E-state index in [1.165, 1.54) is 32.2 Å². The van der Waals surface area contributed by atoms with Gasteiger partial charge in [0.15, 0.2) is 5.60 Å². The monoisotopic (exact) mass is 414 g/mol. The number of phenols is 1. The van der Waals surface area contributed by atoms with Crippen molar-refractivity contribution >= 4 is 10.9 Å². The van der Waals surface area contributed by atoms with E-state index in [4.69, 9.17) is 0 Å². The molecule has 29 heavy (non-hydrogen) atoms. The Labute approximate surface area is 163 Å². The van der Waals surface area contributed by atoms with Crippen molar-refractivity contribution in [2.24, 2.45) is 0 Å². The fourth-order valence-corrected chi connectivity index (χ4v) is 3.63. The number of fused-ring (bicyclic) bond motifs is 1. The van der Waals surface area contributed by atoms with Crippen LogP contribution in [0, 0.1) is 11.8 Å². The Morgan fingerprint density at radius 1 is 1.07 bits per heavy atom. The maximum Gasteiger partial charge on any atom is 0.417 e. The van der Waals surface area contributed by atoms with Gasteiger partial charge >= 0.3 is 6.18 Å². The lowest BCUT2D eigenvalue weighted by atomic mass is 9.73. The number of H-pyrrole nitrogens is 1. The number of aromatic amines is 1. The van der Waals surface area contributed by atoms with Gasteiger partial charge in [-0.2, -0.15) is 17.6 Å². The normalized spacial score (nSPS) is 14.9. The zero-order chi connectivity index (χ0) is 21.6. The second kappa shape index (κ2) is 6.98. The van der Waals surface area contributed by atoms with Crippen LogP contribution in [0.5, 0.6) is 5.75 Å². The van der Waals surface area contributed by atoms with Gasteiger partial charge in [0.05, 0.1) is 0 Å². The molecular weight excluding hydrogens is 395 g/mol. The van der Waals surface area contributed by atoms with E-state index >= 15 is 0 Å². The molecule has 0 bridgehead atoms. The number of pyridine rings is 1. The molecule has 2 aromatic heterocycles. The number of hydrogen-bond donors (Lipinski definition) is 3. The fourth-order valence-electron chi connectivity index (χ4n) is 3.63. The number of halogens is 5. The summed E-state index contributed by atoms with van der Waals surface area (Å²) in [4.78, 5) is 5.97. The highest BCUT2D eigenvalue weighted by Gasteiger charge is 2.56. The molecule has 156 valence electrons. The number of hydrogen-bond acceptors (Lipinski definition) is 3. The highest BCUT2D eigenvalue weighted by molar-refractivity contribution is 5.79. The van der Waals surface area contributed by atoms with Crippen molar-refractivity contribution in [2.75, 3.05) is 0 Å². The van der Waals surface area contributed by atoms with E-state index in [0.29, 0.717) is 5.39 Å². The first-order chi connectivity index (χ1) is 13.3. The number of phenolic OH excluding ortho intramolecular Hbond substituents is 1. The van der Waals surface area contributed by atoms with E-state index in [1.807, 2.05) is 0 Å². The summed E-state index contributed by atoms with van der Waals surface area (Å²) in [6.45, 7) is 2.74. The van der Waals surface area contributed by atoms with Crippen molar-refractivity contribution in [3.05, 3.63) is 59.6 Å². The molecule has 1 unspecified atom stereocenters. The van der Waals surface area contributed by atoms with Crippen molar-refractivity contribution in [1.82, 2.24) is 9.97 Å². The molecule has 4 nitrogen and oxygen atoms in total. The first-order valence-corrected chi connectivity index (χ1v) is 8.73. The number of aliphatic hydroxyl groups is 1. The lowest BCUT2D eigenvalue weighted by Crippen LogP contribution is -2.50. The van der Waals surface area contributed by atoms with E-state index < -0.39 is 41.8 Å². The first kappa shape index (κ1) is 21.0. The van der Waals surface area contributed by atoms with Crippen LogP contribution in [-0.4, -0.2) is 32.0 Å². The molecule has 0 fully saturated rings. The molecule has 1 atom stereocenters. The van der Waals surface area contributed by atoms with Crippen molar-refractivity contribution in [3.63, 3.8) is 0 Å². The van der Waals surface area contributed by atoms with Gasteiger partial charge in [-0.05, 0) is 42.2 Å². The van der Waals surface area contributed by atoms with Crippen LogP contribution < -0.4 is 0 Å². The molecule has 9 heteroatoms. The molecule has 0 radical (unpaired) electrons. The summed E-state index contributed by atoms with van der Waals surface area (Å²) in [7, 11) is 0. The Bertz CT molecular complexity index is 1050. The molecule has 0 spiro atoms. The van der Waals surface area contributed by atoms with Gasteiger partial charge in [-0.25, -0.2) is 9.37 Å². The van der Waals surface area contributed by atoms with Gasteiger partial charge in [-0.15, -0.1) is 0 Å². The van der Waals surface area contributed by atoms with Crippen LogP contribution in [0.25, 0.3) is 10.9 Å². The molecule has 0 saturated carbocycles. The molecule has 3 aromatic rings. The standard InChI is InChI=1S/C20H19F5N2O2/c1-18(2,14-8-12(21)3-4-15(14)28)10-19(29,20(23,24)25)9-13-7-11-5-6-26-17(22)16(11)27-13/h3-8,27-29H,9-10H2,1-2H3. The minimum absolute atomic E-state index is 0.0361. The van der Waals surface area contributed by atoms with Gasteiger partial charge in [-0.3, -0.25) is 0 Å². The van der Waals surface area contributed by atoms with Crippen molar-refractivity contribution in [1.29, 1.82) is 0 Å². The van der Waals surface area contributed by atoms with Crippen LogP contribution in [0.2, 0.25) is 0 Å². The van der Waals surface area contributed by atoms with Crippen molar-refractivity contribution in [3.8, 4) is 5.75 Å². The van der Waals surface area contributed by atoms with Gasteiger partial charge in [0.25, 0.3) is 0 Å². The van der Waals surface area contributed by atoms with E-state index in [1.54, 1.807) is 0 Å². The SMILES string of the molecule is CC(C)(CC(O)(Cc1cc2ccnc(F)c2[nH]1)C(F)(F)F)c1cc(F)ccc1O. The quantitative estimate of drug-likeness (QED) is 0.417. The van der Waals surface area contributed by atoms with Crippen LogP contribution in [0.4, 0.5) is 22.0 Å². The van der Waals surface area contributed by atoms with Gasteiger partial charge in [0.2, 0.25) is 5.95 Å². The average Bonchev–Trinajstić information content (AvgIpc) is 2.99.